The molecule has 0 aliphatic carbocycles. The van der Waals surface area contributed by atoms with Gasteiger partial charge in [-0.15, -0.1) is 0 Å². The predicted octanol–water partition coefficient (Wildman–Crippen LogP) is 1.22. The van der Waals surface area contributed by atoms with Gasteiger partial charge in [0.2, 0.25) is 11.8 Å². The van der Waals surface area contributed by atoms with Gasteiger partial charge in [-0.1, -0.05) is 12.1 Å². The monoisotopic (exact) mass is 365 g/mol. The highest BCUT2D eigenvalue weighted by molar-refractivity contribution is 5.80. The van der Waals surface area contributed by atoms with Gasteiger partial charge in [-0.2, -0.15) is 0 Å². The van der Waals surface area contributed by atoms with Gasteiger partial charge in [0.25, 0.3) is 0 Å². The molecule has 0 spiro atoms. The van der Waals surface area contributed by atoms with Crippen molar-refractivity contribution in [2.45, 2.75) is 26.3 Å². The SMILES string of the molecule is COCCNCC(=O)N1CCC(C(=O)NCc2ccc(C)c(F)c2)CC1. The van der Waals surface area contributed by atoms with Gasteiger partial charge in [0.15, 0.2) is 0 Å². The van der Waals surface area contributed by atoms with Crippen molar-refractivity contribution in [3.63, 3.8) is 0 Å². The molecule has 0 saturated carbocycles. The van der Waals surface area contributed by atoms with Crippen LogP contribution in [0.25, 0.3) is 0 Å². The van der Waals surface area contributed by atoms with Crippen molar-refractivity contribution in [1.29, 1.82) is 0 Å². The zero-order valence-corrected chi connectivity index (χ0v) is 15.5. The Morgan fingerprint density at radius 2 is 2.04 bits per heavy atom. The van der Waals surface area contributed by atoms with E-state index < -0.39 is 0 Å². The molecule has 1 heterocycles. The van der Waals surface area contributed by atoms with Gasteiger partial charge in [-0.25, -0.2) is 4.39 Å². The zero-order valence-electron chi connectivity index (χ0n) is 15.5. The first kappa shape index (κ1) is 20.3. The quantitative estimate of drug-likeness (QED) is 0.680. The summed E-state index contributed by atoms with van der Waals surface area (Å²) in [7, 11) is 1.62. The third-order valence-corrected chi connectivity index (χ3v) is 4.68. The van der Waals surface area contributed by atoms with Crippen molar-refractivity contribution in [2.75, 3.05) is 39.9 Å². The van der Waals surface area contributed by atoms with E-state index in [-0.39, 0.29) is 23.5 Å². The molecule has 2 amide bonds. The summed E-state index contributed by atoms with van der Waals surface area (Å²) in [6.07, 6.45) is 1.30. The molecule has 1 aliphatic rings. The second kappa shape index (κ2) is 10.2. The molecule has 144 valence electrons. The molecule has 1 saturated heterocycles. The molecule has 6 nitrogen and oxygen atoms in total. The van der Waals surface area contributed by atoms with Crippen LogP contribution in [-0.4, -0.2) is 56.6 Å². The lowest BCUT2D eigenvalue weighted by atomic mass is 9.95. The molecule has 0 aromatic heterocycles. The summed E-state index contributed by atoms with van der Waals surface area (Å²) in [5.74, 6) is -0.343. The number of carbonyl (C=O) groups is 2. The fraction of sp³-hybridized carbons (Fsp3) is 0.579. The molecule has 0 unspecified atom stereocenters. The maximum atomic E-state index is 13.5. The van der Waals surface area contributed by atoms with Crippen LogP contribution >= 0.6 is 0 Å². The maximum Gasteiger partial charge on any atom is 0.236 e. The van der Waals surface area contributed by atoms with Crippen molar-refractivity contribution in [3.8, 4) is 0 Å². The first-order chi connectivity index (χ1) is 12.5. The topological polar surface area (TPSA) is 70.7 Å². The highest BCUT2D eigenvalue weighted by Gasteiger charge is 2.26. The molecular weight excluding hydrogens is 337 g/mol. The van der Waals surface area contributed by atoms with E-state index in [9.17, 15) is 14.0 Å². The van der Waals surface area contributed by atoms with Gasteiger partial charge < -0.3 is 20.3 Å². The average Bonchev–Trinajstić information content (AvgIpc) is 2.66. The van der Waals surface area contributed by atoms with Gasteiger partial charge in [0.05, 0.1) is 13.2 Å². The van der Waals surface area contributed by atoms with Gasteiger partial charge in [-0.05, 0) is 37.0 Å². The van der Waals surface area contributed by atoms with Crippen LogP contribution in [0, 0.1) is 18.7 Å². The van der Waals surface area contributed by atoms with Crippen molar-refractivity contribution in [1.82, 2.24) is 15.5 Å². The van der Waals surface area contributed by atoms with Crippen molar-refractivity contribution in [3.05, 3.63) is 35.1 Å². The Kier molecular flexibility index (Phi) is 8.00. The Labute approximate surface area is 154 Å². The number of nitrogens with zero attached hydrogens (tertiary/aromatic N) is 1. The number of methoxy groups -OCH3 is 1. The highest BCUT2D eigenvalue weighted by atomic mass is 19.1. The molecule has 1 fully saturated rings. The van der Waals surface area contributed by atoms with Crippen LogP contribution in [0.2, 0.25) is 0 Å². The fourth-order valence-electron chi connectivity index (χ4n) is 2.95. The summed E-state index contributed by atoms with van der Waals surface area (Å²) < 4.78 is 18.5. The highest BCUT2D eigenvalue weighted by Crippen LogP contribution is 2.18. The molecule has 26 heavy (non-hydrogen) atoms. The molecule has 2 N–H and O–H groups in total. The van der Waals surface area contributed by atoms with E-state index >= 15 is 0 Å². The number of nitrogens with one attached hydrogen (secondary N) is 2. The second-order valence-corrected chi connectivity index (χ2v) is 6.63. The van der Waals surface area contributed by atoms with E-state index in [1.807, 2.05) is 6.07 Å². The van der Waals surface area contributed by atoms with E-state index in [2.05, 4.69) is 10.6 Å². The number of carbonyl (C=O) groups excluding carboxylic acids is 2. The van der Waals surface area contributed by atoms with E-state index in [4.69, 9.17) is 4.74 Å². The molecule has 1 aromatic rings. The van der Waals surface area contributed by atoms with Gasteiger partial charge in [-0.3, -0.25) is 9.59 Å². The lowest BCUT2D eigenvalue weighted by Crippen LogP contribution is -2.46. The van der Waals surface area contributed by atoms with E-state index in [0.29, 0.717) is 57.7 Å². The van der Waals surface area contributed by atoms with Crippen LogP contribution in [0.4, 0.5) is 4.39 Å². The standard InChI is InChI=1S/C19H28FN3O3/c1-14-3-4-15(11-17(14)20)12-22-19(25)16-5-8-23(9-6-16)18(24)13-21-7-10-26-2/h3-4,11,16,21H,5-10,12-13H2,1-2H3,(H,22,25). The Bertz CT molecular complexity index is 616. The predicted molar refractivity (Wildman–Crippen MR) is 97.0 cm³/mol. The van der Waals surface area contributed by atoms with Gasteiger partial charge >= 0.3 is 0 Å². The number of likely N-dealkylation sites (tertiary alicyclic amines) is 1. The van der Waals surface area contributed by atoms with Crippen molar-refractivity contribution >= 4 is 11.8 Å². The number of hydrogen-bond donors (Lipinski definition) is 2. The molecule has 1 aliphatic heterocycles. The largest absolute Gasteiger partial charge is 0.383 e. The number of amides is 2. The van der Waals surface area contributed by atoms with Crippen molar-refractivity contribution < 1.29 is 18.7 Å². The smallest absolute Gasteiger partial charge is 0.236 e. The molecule has 0 atom stereocenters. The first-order valence-corrected chi connectivity index (χ1v) is 9.01. The Balaban J connectivity index is 1.70. The van der Waals surface area contributed by atoms with Crippen molar-refractivity contribution in [2.24, 2.45) is 5.92 Å². The minimum absolute atomic E-state index is 0.0312. The normalized spacial score (nSPS) is 15.1. The van der Waals surface area contributed by atoms with Crippen LogP contribution in [-0.2, 0) is 20.9 Å². The zero-order chi connectivity index (χ0) is 18.9. The van der Waals surface area contributed by atoms with Crippen LogP contribution < -0.4 is 10.6 Å². The number of halogens is 1. The maximum absolute atomic E-state index is 13.5. The second-order valence-electron chi connectivity index (χ2n) is 6.63. The van der Waals surface area contributed by atoms with E-state index in [0.717, 1.165) is 5.56 Å². The Hall–Kier alpha value is -1.99. The molecular formula is C19H28FN3O3. The average molecular weight is 365 g/mol. The number of piperidine rings is 1. The summed E-state index contributed by atoms with van der Waals surface area (Å²) >= 11 is 0. The Morgan fingerprint density at radius 3 is 2.69 bits per heavy atom. The van der Waals surface area contributed by atoms with E-state index in [1.165, 1.54) is 6.07 Å². The molecule has 7 heteroatoms. The first-order valence-electron chi connectivity index (χ1n) is 9.01. The molecule has 0 bridgehead atoms. The summed E-state index contributed by atoms with van der Waals surface area (Å²) in [5, 5.41) is 5.91. The third kappa shape index (κ3) is 6.07. The van der Waals surface area contributed by atoms with Crippen LogP contribution in [0.3, 0.4) is 0 Å². The van der Waals surface area contributed by atoms with E-state index in [1.54, 1.807) is 25.0 Å². The summed E-state index contributed by atoms with van der Waals surface area (Å²) in [6, 6.07) is 4.98. The van der Waals surface area contributed by atoms with Gasteiger partial charge in [0.1, 0.15) is 5.82 Å². The number of ether oxygens (including phenoxy) is 1. The van der Waals surface area contributed by atoms with Crippen LogP contribution in [0.1, 0.15) is 24.0 Å². The molecule has 2 rings (SSSR count). The minimum Gasteiger partial charge on any atom is -0.383 e. The lowest BCUT2D eigenvalue weighted by molar-refractivity contribution is -0.135. The number of benzene rings is 1. The van der Waals surface area contributed by atoms with Gasteiger partial charge in [0, 0.05) is 39.2 Å². The van der Waals surface area contributed by atoms with Crippen LogP contribution in [0.15, 0.2) is 18.2 Å². The lowest BCUT2D eigenvalue weighted by Gasteiger charge is -2.31. The number of aryl methyl sites for hydroxylation is 1. The number of rotatable bonds is 8. The summed E-state index contributed by atoms with van der Waals surface area (Å²) in [6.45, 7) is 4.70. The number of hydrogen-bond acceptors (Lipinski definition) is 4. The summed E-state index contributed by atoms with van der Waals surface area (Å²) in [5.41, 5.74) is 1.34. The molecule has 0 radical (unpaired) electrons. The Morgan fingerprint density at radius 1 is 1.31 bits per heavy atom. The third-order valence-electron chi connectivity index (χ3n) is 4.68. The fourth-order valence-corrected chi connectivity index (χ4v) is 2.95. The minimum atomic E-state index is -0.261. The van der Waals surface area contributed by atoms with Crippen LogP contribution in [0.5, 0.6) is 0 Å². The molecule has 1 aromatic carbocycles. The summed E-state index contributed by atoms with van der Waals surface area (Å²) in [4.78, 5) is 26.2.